The number of anilines is 3. The number of benzene rings is 1. The van der Waals surface area contributed by atoms with Crippen LogP contribution >= 0.6 is 0 Å². The van der Waals surface area contributed by atoms with E-state index in [0.29, 0.717) is 24.9 Å². The van der Waals surface area contributed by atoms with Crippen molar-refractivity contribution in [2.45, 2.75) is 19.8 Å². The van der Waals surface area contributed by atoms with Gasteiger partial charge >= 0.3 is 0 Å². The number of amides is 1. The highest BCUT2D eigenvalue weighted by atomic mass is 16.5. The lowest BCUT2D eigenvalue weighted by Gasteiger charge is -2.32. The van der Waals surface area contributed by atoms with Crippen LogP contribution in [0.25, 0.3) is 0 Å². The molecule has 7 heteroatoms. The summed E-state index contributed by atoms with van der Waals surface area (Å²) < 4.78 is 5.36. The molecule has 148 valence electrons. The fourth-order valence-electron chi connectivity index (χ4n) is 3.61. The zero-order valence-electron chi connectivity index (χ0n) is 16.3. The maximum atomic E-state index is 12.6. The molecule has 2 saturated heterocycles. The molecule has 0 bridgehead atoms. The minimum absolute atomic E-state index is 0.226. The van der Waals surface area contributed by atoms with Crippen LogP contribution in [0.4, 0.5) is 17.3 Å². The minimum atomic E-state index is -0.226. The topological polar surface area (TPSA) is 70.6 Å². The van der Waals surface area contributed by atoms with E-state index in [2.05, 4.69) is 39.2 Å². The Labute approximate surface area is 165 Å². The first-order valence-corrected chi connectivity index (χ1v) is 10.0. The Balaban J connectivity index is 1.39. The molecule has 1 aromatic carbocycles. The number of piperidine rings is 1. The van der Waals surface area contributed by atoms with Gasteiger partial charge in [0.2, 0.25) is 5.95 Å². The van der Waals surface area contributed by atoms with Gasteiger partial charge in [-0.1, -0.05) is 6.92 Å². The first kappa shape index (κ1) is 18.7. The van der Waals surface area contributed by atoms with E-state index in [1.807, 2.05) is 17.0 Å². The van der Waals surface area contributed by atoms with Crippen molar-refractivity contribution in [2.24, 2.45) is 5.92 Å². The monoisotopic (exact) mass is 381 g/mol. The fourth-order valence-corrected chi connectivity index (χ4v) is 3.61. The van der Waals surface area contributed by atoms with Crippen molar-refractivity contribution in [1.82, 2.24) is 9.97 Å². The van der Waals surface area contributed by atoms with Gasteiger partial charge in [0, 0.05) is 43.8 Å². The molecule has 1 aromatic heterocycles. The number of ether oxygens (including phenoxy) is 1. The van der Waals surface area contributed by atoms with E-state index in [4.69, 9.17) is 4.74 Å². The predicted octanol–water partition coefficient (Wildman–Crippen LogP) is 2.80. The molecule has 1 amide bonds. The summed E-state index contributed by atoms with van der Waals surface area (Å²) in [5.74, 6) is 1.16. The summed E-state index contributed by atoms with van der Waals surface area (Å²) in [4.78, 5) is 25.8. The van der Waals surface area contributed by atoms with Gasteiger partial charge in [0.1, 0.15) is 5.69 Å². The molecular formula is C21H27N5O2. The van der Waals surface area contributed by atoms with Crippen molar-refractivity contribution in [3.8, 4) is 0 Å². The van der Waals surface area contributed by atoms with E-state index in [1.54, 1.807) is 12.3 Å². The van der Waals surface area contributed by atoms with Gasteiger partial charge in [-0.25, -0.2) is 9.97 Å². The van der Waals surface area contributed by atoms with Crippen LogP contribution < -0.4 is 15.1 Å². The fraction of sp³-hybridized carbons (Fsp3) is 0.476. The summed E-state index contributed by atoms with van der Waals surface area (Å²) in [5, 5.41) is 2.93. The number of hydrogen-bond donors (Lipinski definition) is 1. The van der Waals surface area contributed by atoms with Crippen LogP contribution in [0, 0.1) is 5.92 Å². The minimum Gasteiger partial charge on any atom is -0.378 e. The molecule has 1 N–H and O–H groups in total. The Morgan fingerprint density at radius 3 is 2.46 bits per heavy atom. The highest BCUT2D eigenvalue weighted by Crippen LogP contribution is 2.24. The number of carbonyl (C=O) groups is 1. The number of hydrogen-bond acceptors (Lipinski definition) is 6. The SMILES string of the molecule is CC1CCN(c2ccc(NC(=O)c3ccnc(N4CCOCC4)n3)cc2)CC1. The van der Waals surface area contributed by atoms with Gasteiger partial charge in [-0.05, 0) is 49.1 Å². The molecule has 3 heterocycles. The summed E-state index contributed by atoms with van der Waals surface area (Å²) in [7, 11) is 0. The van der Waals surface area contributed by atoms with Gasteiger partial charge in [0.25, 0.3) is 5.91 Å². The Morgan fingerprint density at radius 1 is 1.04 bits per heavy atom. The molecule has 2 fully saturated rings. The number of nitrogens with one attached hydrogen (secondary N) is 1. The number of aromatic nitrogens is 2. The maximum absolute atomic E-state index is 12.6. The van der Waals surface area contributed by atoms with Crippen LogP contribution in [0.5, 0.6) is 0 Å². The second-order valence-electron chi connectivity index (χ2n) is 7.51. The van der Waals surface area contributed by atoms with Crippen molar-refractivity contribution < 1.29 is 9.53 Å². The molecule has 0 aliphatic carbocycles. The van der Waals surface area contributed by atoms with Gasteiger partial charge in [0.15, 0.2) is 0 Å². The van der Waals surface area contributed by atoms with E-state index >= 15 is 0 Å². The highest BCUT2D eigenvalue weighted by Gasteiger charge is 2.17. The van der Waals surface area contributed by atoms with Crippen LogP contribution in [0.1, 0.15) is 30.3 Å². The molecular weight excluding hydrogens is 354 g/mol. The largest absolute Gasteiger partial charge is 0.378 e. The normalized spacial score (nSPS) is 18.2. The van der Waals surface area contributed by atoms with Crippen molar-refractivity contribution in [3.05, 3.63) is 42.2 Å². The summed E-state index contributed by atoms with van der Waals surface area (Å²) in [6.07, 6.45) is 4.10. The zero-order valence-corrected chi connectivity index (χ0v) is 16.3. The van der Waals surface area contributed by atoms with Crippen LogP contribution in [0.2, 0.25) is 0 Å². The Hall–Kier alpha value is -2.67. The number of carbonyl (C=O) groups excluding carboxylic acids is 1. The van der Waals surface area contributed by atoms with Crippen LogP contribution in [0.15, 0.2) is 36.5 Å². The Bertz CT molecular complexity index is 797. The second kappa shape index (κ2) is 8.56. The number of rotatable bonds is 4. The van der Waals surface area contributed by atoms with Crippen molar-refractivity contribution >= 4 is 23.2 Å². The van der Waals surface area contributed by atoms with Crippen LogP contribution in [-0.2, 0) is 4.74 Å². The van der Waals surface area contributed by atoms with Gasteiger partial charge in [0.05, 0.1) is 13.2 Å². The molecule has 2 aliphatic heterocycles. The lowest BCUT2D eigenvalue weighted by molar-refractivity contribution is 0.102. The third kappa shape index (κ3) is 4.42. The van der Waals surface area contributed by atoms with E-state index in [0.717, 1.165) is 37.8 Å². The zero-order chi connectivity index (χ0) is 19.3. The molecule has 0 radical (unpaired) electrons. The molecule has 28 heavy (non-hydrogen) atoms. The number of nitrogens with zero attached hydrogens (tertiary/aromatic N) is 4. The third-order valence-electron chi connectivity index (χ3n) is 5.44. The van der Waals surface area contributed by atoms with E-state index in [9.17, 15) is 4.79 Å². The maximum Gasteiger partial charge on any atom is 0.274 e. The standard InChI is InChI=1S/C21H27N5O2/c1-16-7-10-25(11-8-16)18-4-2-17(3-5-18)23-20(27)19-6-9-22-21(24-19)26-12-14-28-15-13-26/h2-6,9,16H,7-8,10-15H2,1H3,(H,23,27). The smallest absolute Gasteiger partial charge is 0.274 e. The Kier molecular flexibility index (Phi) is 5.71. The summed E-state index contributed by atoms with van der Waals surface area (Å²) >= 11 is 0. The quantitative estimate of drug-likeness (QED) is 0.878. The van der Waals surface area contributed by atoms with Gasteiger partial charge in [-0.3, -0.25) is 4.79 Å². The molecule has 4 rings (SSSR count). The van der Waals surface area contributed by atoms with Crippen LogP contribution in [0.3, 0.4) is 0 Å². The third-order valence-corrected chi connectivity index (χ3v) is 5.44. The van der Waals surface area contributed by atoms with Crippen LogP contribution in [-0.4, -0.2) is 55.3 Å². The van der Waals surface area contributed by atoms with E-state index in [1.165, 1.54) is 18.5 Å². The number of morpholine rings is 1. The van der Waals surface area contributed by atoms with Crippen molar-refractivity contribution in [3.63, 3.8) is 0 Å². The average molecular weight is 381 g/mol. The van der Waals surface area contributed by atoms with Crippen molar-refractivity contribution in [2.75, 3.05) is 54.5 Å². The lowest BCUT2D eigenvalue weighted by atomic mass is 9.99. The van der Waals surface area contributed by atoms with E-state index in [-0.39, 0.29) is 5.91 Å². The molecule has 0 unspecified atom stereocenters. The van der Waals surface area contributed by atoms with Crippen molar-refractivity contribution in [1.29, 1.82) is 0 Å². The molecule has 2 aromatic rings. The summed E-state index contributed by atoms with van der Waals surface area (Å²) in [6.45, 7) is 7.29. The highest BCUT2D eigenvalue weighted by molar-refractivity contribution is 6.03. The second-order valence-corrected chi connectivity index (χ2v) is 7.51. The van der Waals surface area contributed by atoms with Gasteiger partial charge in [-0.2, -0.15) is 0 Å². The Morgan fingerprint density at radius 2 is 1.75 bits per heavy atom. The lowest BCUT2D eigenvalue weighted by Crippen LogP contribution is -2.37. The first-order valence-electron chi connectivity index (χ1n) is 10.0. The molecule has 0 atom stereocenters. The molecule has 0 spiro atoms. The van der Waals surface area contributed by atoms with Gasteiger partial charge < -0.3 is 19.9 Å². The predicted molar refractivity (Wildman–Crippen MR) is 110 cm³/mol. The summed E-state index contributed by atoms with van der Waals surface area (Å²) in [6, 6.07) is 9.70. The molecule has 0 saturated carbocycles. The molecule has 2 aliphatic rings. The van der Waals surface area contributed by atoms with E-state index < -0.39 is 0 Å². The average Bonchev–Trinajstić information content (AvgIpc) is 2.76. The summed E-state index contributed by atoms with van der Waals surface area (Å²) in [5.41, 5.74) is 2.35. The van der Waals surface area contributed by atoms with Gasteiger partial charge in [-0.15, -0.1) is 0 Å². The first-order chi connectivity index (χ1) is 13.7. The molecule has 7 nitrogen and oxygen atoms in total.